The van der Waals surface area contributed by atoms with Gasteiger partial charge in [-0.2, -0.15) is 0 Å². The van der Waals surface area contributed by atoms with Gasteiger partial charge in [-0.05, 0) is 25.0 Å². The summed E-state index contributed by atoms with van der Waals surface area (Å²) in [5, 5.41) is 1.42. The molecule has 2 nitrogen and oxygen atoms in total. The molecular weight excluding hydrogens is 266 g/mol. The summed E-state index contributed by atoms with van der Waals surface area (Å²) in [5.41, 5.74) is 6.46. The highest BCUT2D eigenvalue weighted by molar-refractivity contribution is 7.16. The van der Waals surface area contributed by atoms with Crippen molar-refractivity contribution < 1.29 is 8.78 Å². The number of halogens is 2. The van der Waals surface area contributed by atoms with Gasteiger partial charge >= 0.3 is 0 Å². The molecule has 2 N–H and O–H groups in total. The number of hydrogen-bond acceptors (Lipinski definition) is 3. The van der Waals surface area contributed by atoms with Gasteiger partial charge in [0.25, 0.3) is 0 Å². The average molecular weight is 280 g/mol. The van der Waals surface area contributed by atoms with E-state index < -0.39 is 11.6 Å². The molecule has 2 aromatic rings. The van der Waals surface area contributed by atoms with E-state index in [2.05, 4.69) is 4.98 Å². The van der Waals surface area contributed by atoms with Crippen molar-refractivity contribution in [2.45, 2.75) is 31.6 Å². The molecule has 0 bridgehead atoms. The number of nitrogens with two attached hydrogens (primary N) is 1. The Morgan fingerprint density at radius 3 is 2.68 bits per heavy atom. The summed E-state index contributed by atoms with van der Waals surface area (Å²) < 4.78 is 27.1. The molecule has 0 amide bonds. The van der Waals surface area contributed by atoms with Crippen LogP contribution in [0, 0.1) is 11.6 Å². The minimum absolute atomic E-state index is 0.151. The highest BCUT2D eigenvalue weighted by Gasteiger charge is 2.23. The standard InChI is InChI=1S/C14H14F2N2S/c15-10-7-3-6-9(11(10)16)12-13(17)19-14(18-12)8-4-1-2-5-8/h3,6-8H,1-2,4-5,17H2. The molecule has 100 valence electrons. The minimum atomic E-state index is -0.877. The summed E-state index contributed by atoms with van der Waals surface area (Å²) in [5.74, 6) is -1.32. The molecule has 19 heavy (non-hydrogen) atoms. The fraction of sp³-hybridized carbons (Fsp3) is 0.357. The highest BCUT2D eigenvalue weighted by Crippen LogP contribution is 2.41. The SMILES string of the molecule is Nc1sc(C2CCCC2)nc1-c1cccc(F)c1F. The van der Waals surface area contributed by atoms with E-state index in [-0.39, 0.29) is 5.56 Å². The van der Waals surface area contributed by atoms with Gasteiger partial charge in [-0.3, -0.25) is 0 Å². The van der Waals surface area contributed by atoms with Crippen LogP contribution in [0.2, 0.25) is 0 Å². The molecule has 1 aromatic carbocycles. The average Bonchev–Trinajstić information content (AvgIpc) is 3.02. The Morgan fingerprint density at radius 1 is 1.21 bits per heavy atom. The molecule has 1 saturated carbocycles. The lowest BCUT2D eigenvalue weighted by atomic mass is 10.1. The van der Waals surface area contributed by atoms with Crippen LogP contribution in [0.1, 0.15) is 36.6 Å². The van der Waals surface area contributed by atoms with Gasteiger partial charge in [0.15, 0.2) is 11.6 Å². The first-order valence-corrected chi connectivity index (χ1v) is 7.19. The van der Waals surface area contributed by atoms with Gasteiger partial charge in [0.1, 0.15) is 10.7 Å². The molecule has 0 atom stereocenters. The van der Waals surface area contributed by atoms with Crippen molar-refractivity contribution in [3.8, 4) is 11.3 Å². The quantitative estimate of drug-likeness (QED) is 0.889. The summed E-state index contributed by atoms with van der Waals surface area (Å²) in [6, 6.07) is 4.09. The van der Waals surface area contributed by atoms with Crippen LogP contribution in [-0.4, -0.2) is 4.98 Å². The number of anilines is 1. The lowest BCUT2D eigenvalue weighted by Crippen LogP contribution is -1.94. The van der Waals surface area contributed by atoms with Crippen LogP contribution in [0.25, 0.3) is 11.3 Å². The van der Waals surface area contributed by atoms with Crippen LogP contribution in [0.3, 0.4) is 0 Å². The Balaban J connectivity index is 2.03. The first-order valence-electron chi connectivity index (χ1n) is 6.37. The Bertz CT molecular complexity index is 603. The minimum Gasteiger partial charge on any atom is -0.389 e. The third-order valence-electron chi connectivity index (χ3n) is 3.58. The maximum Gasteiger partial charge on any atom is 0.168 e. The van der Waals surface area contributed by atoms with Crippen molar-refractivity contribution in [1.82, 2.24) is 4.98 Å². The summed E-state index contributed by atoms with van der Waals surface area (Å²) in [4.78, 5) is 4.45. The zero-order valence-electron chi connectivity index (χ0n) is 10.3. The number of thiazole rings is 1. The number of nitrogen functional groups attached to an aromatic ring is 1. The summed E-state index contributed by atoms with van der Waals surface area (Å²) in [6.45, 7) is 0. The zero-order valence-corrected chi connectivity index (χ0v) is 11.1. The summed E-state index contributed by atoms with van der Waals surface area (Å²) in [6.07, 6.45) is 4.62. The predicted octanol–water partition coefficient (Wildman–Crippen LogP) is 4.33. The molecule has 0 saturated heterocycles. The van der Waals surface area contributed by atoms with Crippen LogP contribution >= 0.6 is 11.3 Å². The van der Waals surface area contributed by atoms with E-state index in [4.69, 9.17) is 5.73 Å². The molecule has 1 aromatic heterocycles. The van der Waals surface area contributed by atoms with Crippen molar-refractivity contribution in [1.29, 1.82) is 0 Å². The fourth-order valence-electron chi connectivity index (χ4n) is 2.58. The smallest absolute Gasteiger partial charge is 0.168 e. The second-order valence-corrected chi connectivity index (χ2v) is 5.91. The van der Waals surface area contributed by atoms with E-state index in [0.29, 0.717) is 16.6 Å². The topological polar surface area (TPSA) is 38.9 Å². The first kappa shape index (κ1) is 12.5. The van der Waals surface area contributed by atoms with E-state index in [9.17, 15) is 8.78 Å². The molecule has 1 heterocycles. The largest absolute Gasteiger partial charge is 0.389 e. The van der Waals surface area contributed by atoms with Gasteiger partial charge in [-0.1, -0.05) is 18.9 Å². The molecule has 0 radical (unpaired) electrons. The van der Waals surface area contributed by atoms with Crippen LogP contribution < -0.4 is 5.73 Å². The maximum atomic E-state index is 13.8. The number of nitrogens with zero attached hydrogens (tertiary/aromatic N) is 1. The number of benzene rings is 1. The normalized spacial score (nSPS) is 16.1. The Morgan fingerprint density at radius 2 is 1.95 bits per heavy atom. The lowest BCUT2D eigenvalue weighted by Gasteiger charge is -2.03. The molecule has 5 heteroatoms. The zero-order chi connectivity index (χ0) is 13.4. The van der Waals surface area contributed by atoms with Gasteiger partial charge in [0, 0.05) is 11.5 Å². The number of hydrogen-bond donors (Lipinski definition) is 1. The van der Waals surface area contributed by atoms with Gasteiger partial charge < -0.3 is 5.73 Å². The second-order valence-electron chi connectivity index (χ2n) is 4.85. The van der Waals surface area contributed by atoms with Crippen molar-refractivity contribution in [3.05, 3.63) is 34.8 Å². The van der Waals surface area contributed by atoms with Crippen molar-refractivity contribution in [2.75, 3.05) is 5.73 Å². The highest BCUT2D eigenvalue weighted by atomic mass is 32.1. The van der Waals surface area contributed by atoms with Crippen LogP contribution in [0.15, 0.2) is 18.2 Å². The van der Waals surface area contributed by atoms with E-state index >= 15 is 0 Å². The Kier molecular flexibility index (Phi) is 3.22. The van der Waals surface area contributed by atoms with E-state index in [1.807, 2.05) is 0 Å². The molecule has 0 unspecified atom stereocenters. The molecule has 0 spiro atoms. The Hall–Kier alpha value is -1.49. The Labute approximate surface area is 114 Å². The first-order chi connectivity index (χ1) is 9.16. The van der Waals surface area contributed by atoms with Crippen LogP contribution in [0.5, 0.6) is 0 Å². The van der Waals surface area contributed by atoms with Gasteiger partial charge in [-0.25, -0.2) is 13.8 Å². The third-order valence-corrected chi connectivity index (χ3v) is 4.63. The van der Waals surface area contributed by atoms with E-state index in [1.54, 1.807) is 0 Å². The van der Waals surface area contributed by atoms with Gasteiger partial charge in [0.05, 0.1) is 5.01 Å². The molecule has 3 rings (SSSR count). The van der Waals surface area contributed by atoms with Crippen molar-refractivity contribution >= 4 is 16.3 Å². The third kappa shape index (κ3) is 2.23. The molecule has 0 aliphatic heterocycles. The van der Waals surface area contributed by atoms with Crippen LogP contribution in [0.4, 0.5) is 13.8 Å². The predicted molar refractivity (Wildman–Crippen MR) is 73.1 cm³/mol. The van der Waals surface area contributed by atoms with Crippen molar-refractivity contribution in [2.24, 2.45) is 0 Å². The van der Waals surface area contributed by atoms with Crippen molar-refractivity contribution in [3.63, 3.8) is 0 Å². The lowest BCUT2D eigenvalue weighted by molar-refractivity contribution is 0.511. The maximum absolute atomic E-state index is 13.8. The van der Waals surface area contributed by atoms with Gasteiger partial charge in [-0.15, -0.1) is 11.3 Å². The molecule has 1 fully saturated rings. The number of rotatable bonds is 2. The van der Waals surface area contributed by atoms with Crippen LogP contribution in [-0.2, 0) is 0 Å². The van der Waals surface area contributed by atoms with Gasteiger partial charge in [0.2, 0.25) is 0 Å². The van der Waals surface area contributed by atoms with E-state index in [0.717, 1.165) is 23.9 Å². The number of aromatic nitrogens is 1. The monoisotopic (exact) mass is 280 g/mol. The molecule has 1 aliphatic carbocycles. The summed E-state index contributed by atoms with van der Waals surface area (Å²) in [7, 11) is 0. The molecule has 1 aliphatic rings. The fourth-order valence-corrected chi connectivity index (χ4v) is 3.59. The summed E-state index contributed by atoms with van der Waals surface area (Å²) >= 11 is 1.40. The second kappa shape index (κ2) is 4.89. The van der Waals surface area contributed by atoms with E-state index in [1.165, 1.54) is 36.3 Å². The molecular formula is C14H14F2N2S.